The molecule has 9 atom stereocenters. The van der Waals surface area contributed by atoms with Crippen LogP contribution in [0.1, 0.15) is 89.4 Å². The van der Waals surface area contributed by atoms with Crippen LogP contribution in [0, 0.1) is 36.5 Å². The number of aromatic hydroxyl groups is 1. The van der Waals surface area contributed by atoms with Gasteiger partial charge in [0.1, 0.15) is 41.1 Å². The molecule has 0 radical (unpaired) electrons. The standard InChI is InChI=1S/C64H82N6O13/c1-35(2)32-68-25-27-70(28-26-68)45-30-47(79-34-44-18-16-43(17-19-44)33-69-23-21-67(11)22-24-69)52-48(31-45)82-61-53(65-52)49-50-57(74)41(8)60-51(49)62(76)64(10,83-60)80-29-20-46(78-12)38(5)59(81-42(9)71)40(7)56(73)39(6)55(72)36(3)14-13-15-37(4)63(77)66-54(61)58(50)75/h13-20,29-31,35-36,38-40,46,55-56,59,72-74H,21-28,32-34H2,1-12H3,(H,66,77)/b14-13+,29-20+,37-15-/t36-,38+,39+,40+,46-,55-,56+,59+,64-/m0/s1. The number of ketones is 1. The first kappa shape index (κ1) is 60.7. The summed E-state index contributed by atoms with van der Waals surface area (Å²) in [6.07, 6.45) is 3.63. The Kier molecular flexibility index (Phi) is 18.4. The van der Waals surface area contributed by atoms with E-state index in [0.717, 1.165) is 63.6 Å². The highest BCUT2D eigenvalue weighted by atomic mass is 16.7. The number of hydrogen-bond donors (Lipinski definition) is 4. The summed E-state index contributed by atoms with van der Waals surface area (Å²) < 4.78 is 38.1. The number of nitrogens with zero attached hydrogens (tertiary/aromatic N) is 5. The van der Waals surface area contributed by atoms with E-state index in [2.05, 4.69) is 70.1 Å². The SMILES string of the molecule is CO[C@H]1/C=C/O[C@@]2(C)Oc3c(C)c(O)c4c(=O)c(c5oc6cc(N7CCN(CC(C)C)CC7)cc(OCc7ccc(CN8CCN(C)CC8)cc7)c6nc-5c4c3C2=O)NC(=O)/C(C)=C\C=C\[C@H](C)[C@H](O)[C@@H](C)[C@@H](O)[C@@H](C)[C@H](OC(C)=O)[C@@H]1C. The van der Waals surface area contributed by atoms with Crippen molar-refractivity contribution in [3.05, 3.63) is 105 Å². The van der Waals surface area contributed by atoms with Crippen molar-refractivity contribution in [3.8, 4) is 28.7 Å². The summed E-state index contributed by atoms with van der Waals surface area (Å²) in [4.78, 5) is 72.3. The van der Waals surface area contributed by atoms with Gasteiger partial charge < -0.3 is 58.5 Å². The lowest BCUT2D eigenvalue weighted by Crippen LogP contribution is -2.47. The zero-order valence-electron chi connectivity index (χ0n) is 50.0. The number of benzene rings is 4. The van der Waals surface area contributed by atoms with E-state index in [-0.39, 0.29) is 68.1 Å². The molecular formula is C64H82N6O13. The highest BCUT2D eigenvalue weighted by molar-refractivity contribution is 6.22. The fraction of sp³-hybridized carbons (Fsp3) is 0.516. The van der Waals surface area contributed by atoms with Crippen molar-refractivity contribution in [1.82, 2.24) is 19.7 Å². The highest BCUT2D eigenvalue weighted by Crippen LogP contribution is 2.51. The molecule has 2 fully saturated rings. The number of anilines is 2. The summed E-state index contributed by atoms with van der Waals surface area (Å²) in [5.74, 6) is -6.56. The van der Waals surface area contributed by atoms with Crippen molar-refractivity contribution in [2.24, 2.45) is 29.6 Å². The van der Waals surface area contributed by atoms with Gasteiger partial charge in [0, 0.05) is 144 Å². The summed E-state index contributed by atoms with van der Waals surface area (Å²) in [7, 11) is 3.60. The molecule has 2 saturated heterocycles. The molecule has 0 aromatic heterocycles. The number of rotatable bonds is 10. The first-order valence-corrected chi connectivity index (χ1v) is 29.0. The lowest BCUT2D eigenvalue weighted by molar-refractivity contribution is -0.160. The number of methoxy groups -OCH3 is 1. The third kappa shape index (κ3) is 12.7. The molecule has 1 aliphatic carbocycles. The molecule has 9 rings (SSSR count). The first-order valence-electron chi connectivity index (χ1n) is 29.0. The van der Waals surface area contributed by atoms with Gasteiger partial charge in [-0.15, -0.1) is 0 Å². The molecule has 0 spiro atoms. The van der Waals surface area contributed by atoms with Crippen LogP contribution in [0.4, 0.5) is 11.4 Å². The largest absolute Gasteiger partial charge is 0.507 e. The van der Waals surface area contributed by atoms with E-state index in [4.69, 9.17) is 33.1 Å². The quantitative estimate of drug-likeness (QED) is 0.0589. The minimum atomic E-state index is -2.09. The molecule has 5 heterocycles. The van der Waals surface area contributed by atoms with Crippen LogP contribution in [0.5, 0.6) is 17.2 Å². The van der Waals surface area contributed by atoms with Gasteiger partial charge in [0.05, 0.1) is 35.5 Å². The maximum atomic E-state index is 15.3. The van der Waals surface area contributed by atoms with Crippen molar-refractivity contribution in [2.45, 2.75) is 113 Å². The molecule has 0 unspecified atom stereocenters. The van der Waals surface area contributed by atoms with Crippen molar-refractivity contribution < 1.29 is 57.8 Å². The smallest absolute Gasteiger partial charge is 0.312 e. The molecule has 4 N–H and O–H groups in total. The summed E-state index contributed by atoms with van der Waals surface area (Å²) in [6, 6.07) is 12.1. The van der Waals surface area contributed by atoms with Gasteiger partial charge in [0.2, 0.25) is 5.43 Å². The minimum Gasteiger partial charge on any atom is -0.507 e. The van der Waals surface area contributed by atoms with Crippen molar-refractivity contribution >= 4 is 50.9 Å². The topological polar surface area (TPSA) is 226 Å². The Morgan fingerprint density at radius 3 is 2.22 bits per heavy atom. The lowest BCUT2D eigenvalue weighted by Gasteiger charge is -2.38. The Hall–Kier alpha value is -6.87. The van der Waals surface area contributed by atoms with Crippen LogP contribution in [-0.2, 0) is 37.0 Å². The van der Waals surface area contributed by atoms with Crippen molar-refractivity contribution in [1.29, 1.82) is 0 Å². The third-order valence-corrected chi connectivity index (χ3v) is 17.2. The molecule has 5 aliphatic heterocycles. The number of nitrogens with one attached hydrogen (secondary N) is 1. The Morgan fingerprint density at radius 1 is 0.880 bits per heavy atom. The molecule has 19 nitrogen and oxygen atoms in total. The van der Waals surface area contributed by atoms with Crippen LogP contribution >= 0.6 is 0 Å². The number of carbonyl (C=O) groups excluding carboxylic acids is 3. The van der Waals surface area contributed by atoms with Crippen LogP contribution in [0.25, 0.3) is 33.3 Å². The lowest BCUT2D eigenvalue weighted by atomic mass is 9.78. The van der Waals surface area contributed by atoms with E-state index in [1.54, 1.807) is 46.8 Å². The molecule has 3 aromatic rings. The monoisotopic (exact) mass is 1140 g/mol. The summed E-state index contributed by atoms with van der Waals surface area (Å²) in [6.45, 7) is 26.3. The number of aromatic nitrogens is 1. The molecule has 3 aromatic carbocycles. The van der Waals surface area contributed by atoms with Crippen LogP contribution in [0.15, 0.2) is 81.7 Å². The van der Waals surface area contributed by atoms with Gasteiger partial charge in [-0.3, -0.25) is 29.0 Å². The average molecular weight is 1140 g/mol. The minimum absolute atomic E-state index is 0.0483. The zero-order chi connectivity index (χ0) is 59.8. The van der Waals surface area contributed by atoms with E-state index in [9.17, 15) is 24.9 Å². The Balaban J connectivity index is 1.21. The number of allylic oxidation sites excluding steroid dienone is 2. The van der Waals surface area contributed by atoms with Crippen LogP contribution in [0.2, 0.25) is 0 Å². The number of esters is 1. The van der Waals surface area contributed by atoms with Gasteiger partial charge in [0.15, 0.2) is 17.1 Å². The highest BCUT2D eigenvalue weighted by Gasteiger charge is 2.50. The number of ether oxygens (including phenoxy) is 5. The summed E-state index contributed by atoms with van der Waals surface area (Å²) >= 11 is 0. The maximum absolute atomic E-state index is 15.3. The normalized spacial score (nSPS) is 27.8. The predicted octanol–water partition coefficient (Wildman–Crippen LogP) is 8.05. The number of aliphatic hydroxyl groups is 2. The number of phenols is 1. The molecule has 0 saturated carbocycles. The number of hydrogen-bond acceptors (Lipinski definition) is 18. The Labute approximate surface area is 485 Å². The van der Waals surface area contributed by atoms with Gasteiger partial charge >= 0.3 is 11.8 Å². The van der Waals surface area contributed by atoms with E-state index in [1.165, 1.54) is 51.9 Å². The van der Waals surface area contributed by atoms with Gasteiger partial charge in [-0.25, -0.2) is 4.98 Å². The second-order valence-corrected chi connectivity index (χ2v) is 23.9. The number of amides is 1. The van der Waals surface area contributed by atoms with Crippen LogP contribution in [0.3, 0.4) is 0 Å². The van der Waals surface area contributed by atoms with Crippen molar-refractivity contribution in [2.75, 3.05) is 83.3 Å². The van der Waals surface area contributed by atoms with Gasteiger partial charge in [-0.1, -0.05) is 84.0 Å². The van der Waals surface area contributed by atoms with E-state index in [0.29, 0.717) is 24.8 Å². The molecular weight excluding hydrogens is 1060 g/mol. The zero-order valence-corrected chi connectivity index (χ0v) is 50.0. The van der Waals surface area contributed by atoms with Crippen molar-refractivity contribution in [3.63, 3.8) is 0 Å². The van der Waals surface area contributed by atoms with Gasteiger partial charge in [-0.05, 0) is 44.0 Å². The van der Waals surface area contributed by atoms with Crippen LogP contribution in [-0.4, -0.2) is 156 Å². The second-order valence-electron chi connectivity index (χ2n) is 23.9. The molecule has 19 heteroatoms. The Morgan fingerprint density at radius 2 is 1.55 bits per heavy atom. The van der Waals surface area contributed by atoms with Gasteiger partial charge in [0.25, 0.3) is 11.7 Å². The van der Waals surface area contributed by atoms with Crippen LogP contribution < -0.4 is 25.1 Å². The molecule has 83 heavy (non-hydrogen) atoms. The molecule has 446 valence electrons. The molecule has 1 amide bonds. The van der Waals surface area contributed by atoms with E-state index < -0.39 is 82.7 Å². The van der Waals surface area contributed by atoms with E-state index in [1.807, 2.05) is 12.1 Å². The summed E-state index contributed by atoms with van der Waals surface area (Å²) in [5, 5.41) is 37.9. The number of carbonyl (C=O) groups is 3. The number of piperazine rings is 2. The number of fused-ring (bicyclic) bond motifs is 2. The fourth-order valence-corrected chi connectivity index (χ4v) is 12.0. The number of phenolic OH excluding ortho intramolecular Hbond substituents is 1. The maximum Gasteiger partial charge on any atom is 0.312 e. The predicted molar refractivity (Wildman–Crippen MR) is 318 cm³/mol. The fourth-order valence-electron chi connectivity index (χ4n) is 12.0. The number of likely N-dealkylation sites (N-methyl/N-ethyl adjacent to an activating group) is 1. The number of Topliss-reactive ketones (excluding diaryl/α,β-unsaturated/α-hetero) is 1. The molecule has 4 bridgehead atoms. The second kappa shape index (κ2) is 25.1. The summed E-state index contributed by atoms with van der Waals surface area (Å²) in [5.41, 5.74) is 2.24. The van der Waals surface area contributed by atoms with E-state index >= 15 is 9.59 Å². The Bertz CT molecular complexity index is 3340. The molecule has 6 aliphatic rings. The third-order valence-electron chi connectivity index (χ3n) is 17.2. The number of aliphatic hydroxyl groups excluding tert-OH is 2. The average Bonchev–Trinajstić information content (AvgIpc) is 2.55. The van der Waals surface area contributed by atoms with Gasteiger partial charge in [-0.2, -0.15) is 0 Å². The first-order chi connectivity index (χ1) is 39.5.